The number of ether oxygens (including phenoxy) is 4. The number of methoxy groups -OCH3 is 3. The maximum absolute atomic E-state index is 12.3. The Hall–Kier alpha value is -3.22. The molecule has 0 heterocycles. The Labute approximate surface area is 151 Å². The lowest BCUT2D eigenvalue weighted by Crippen LogP contribution is -2.30. The predicted molar refractivity (Wildman–Crippen MR) is 96.0 cm³/mol. The number of para-hydroxylation sites is 2. The number of hydrogen-bond donors (Lipinski definition) is 1. The van der Waals surface area contributed by atoms with Crippen LogP contribution in [-0.4, -0.2) is 39.3 Å². The highest BCUT2D eigenvalue weighted by Crippen LogP contribution is 2.28. The Kier molecular flexibility index (Phi) is 6.43. The van der Waals surface area contributed by atoms with Crippen molar-refractivity contribution in [3.63, 3.8) is 0 Å². The van der Waals surface area contributed by atoms with Crippen LogP contribution in [0.3, 0.4) is 0 Å². The monoisotopic (exact) mass is 359 g/mol. The first-order chi connectivity index (χ1) is 12.5. The Morgan fingerprint density at radius 1 is 0.885 bits per heavy atom. The van der Waals surface area contributed by atoms with Gasteiger partial charge in [-0.15, -0.1) is 0 Å². The van der Waals surface area contributed by atoms with E-state index in [0.717, 1.165) is 0 Å². The van der Waals surface area contributed by atoms with Gasteiger partial charge in [0.25, 0.3) is 5.91 Å². The number of anilines is 1. The third kappa shape index (κ3) is 4.44. The summed E-state index contributed by atoms with van der Waals surface area (Å²) in [5.74, 6) is 0.287. The molecule has 0 aliphatic heterocycles. The number of nitrogens with one attached hydrogen (secondary N) is 1. The van der Waals surface area contributed by atoms with Crippen LogP contribution < -0.4 is 19.5 Å². The van der Waals surface area contributed by atoms with E-state index in [1.807, 2.05) is 0 Å². The van der Waals surface area contributed by atoms with Crippen LogP contribution in [0.4, 0.5) is 5.69 Å². The molecule has 0 fully saturated rings. The van der Waals surface area contributed by atoms with Crippen LogP contribution in [0.5, 0.6) is 17.2 Å². The Morgan fingerprint density at radius 2 is 1.54 bits per heavy atom. The highest BCUT2D eigenvalue weighted by molar-refractivity contribution is 5.98. The molecule has 7 heteroatoms. The predicted octanol–water partition coefficient (Wildman–Crippen LogP) is 2.90. The molecule has 0 aromatic heterocycles. The minimum absolute atomic E-state index is 0.250. The van der Waals surface area contributed by atoms with Gasteiger partial charge in [-0.2, -0.15) is 0 Å². The lowest BCUT2D eigenvalue weighted by atomic mass is 10.2. The van der Waals surface area contributed by atoms with E-state index in [-0.39, 0.29) is 5.56 Å². The molecule has 0 aliphatic rings. The van der Waals surface area contributed by atoms with Crippen LogP contribution in [0.2, 0.25) is 0 Å². The molecule has 2 aromatic rings. The first-order valence-electron chi connectivity index (χ1n) is 7.87. The molecule has 26 heavy (non-hydrogen) atoms. The summed E-state index contributed by atoms with van der Waals surface area (Å²) in [5, 5.41) is 2.67. The first-order valence-corrected chi connectivity index (χ1v) is 7.87. The highest BCUT2D eigenvalue weighted by Gasteiger charge is 2.21. The lowest BCUT2D eigenvalue weighted by Gasteiger charge is -2.15. The van der Waals surface area contributed by atoms with E-state index in [4.69, 9.17) is 18.9 Å². The molecule has 1 N–H and O–H groups in total. The van der Waals surface area contributed by atoms with Gasteiger partial charge in [-0.25, -0.2) is 4.79 Å². The van der Waals surface area contributed by atoms with Gasteiger partial charge in [-0.05, 0) is 37.3 Å². The van der Waals surface area contributed by atoms with E-state index in [1.54, 1.807) is 30.3 Å². The topological polar surface area (TPSA) is 83.1 Å². The van der Waals surface area contributed by atoms with Crippen molar-refractivity contribution in [2.75, 3.05) is 26.6 Å². The summed E-state index contributed by atoms with van der Waals surface area (Å²) in [6.07, 6.45) is -1.000. The average molecular weight is 359 g/mol. The molecule has 1 amide bonds. The molecular formula is C19H21NO6. The molecule has 2 aromatic carbocycles. The summed E-state index contributed by atoms with van der Waals surface area (Å²) in [6.45, 7) is 1.49. The summed E-state index contributed by atoms with van der Waals surface area (Å²) in [5.41, 5.74) is 0.744. The molecule has 138 valence electrons. The summed E-state index contributed by atoms with van der Waals surface area (Å²) in [7, 11) is 4.47. The number of esters is 1. The summed E-state index contributed by atoms with van der Waals surface area (Å²) < 4.78 is 20.7. The summed E-state index contributed by atoms with van der Waals surface area (Å²) in [6, 6.07) is 11.6. The number of rotatable bonds is 7. The van der Waals surface area contributed by atoms with Gasteiger partial charge in [0.05, 0.1) is 32.6 Å². The van der Waals surface area contributed by atoms with E-state index < -0.39 is 18.0 Å². The molecule has 1 atom stereocenters. The van der Waals surface area contributed by atoms with Crippen LogP contribution in [0.25, 0.3) is 0 Å². The molecule has 0 saturated carbocycles. The van der Waals surface area contributed by atoms with Crippen LogP contribution in [-0.2, 0) is 9.53 Å². The quantitative estimate of drug-likeness (QED) is 0.766. The third-order valence-electron chi connectivity index (χ3n) is 3.64. The Morgan fingerprint density at radius 3 is 2.19 bits per heavy atom. The maximum atomic E-state index is 12.3. The van der Waals surface area contributed by atoms with Gasteiger partial charge < -0.3 is 24.3 Å². The minimum atomic E-state index is -1.000. The third-order valence-corrected chi connectivity index (χ3v) is 3.64. The Bertz CT molecular complexity index is 789. The average Bonchev–Trinajstić information content (AvgIpc) is 2.67. The second kappa shape index (κ2) is 8.75. The van der Waals surface area contributed by atoms with Crippen LogP contribution in [0, 0.1) is 0 Å². The first kappa shape index (κ1) is 19.1. The second-order valence-corrected chi connectivity index (χ2v) is 5.31. The molecule has 7 nitrogen and oxygen atoms in total. The fourth-order valence-corrected chi connectivity index (χ4v) is 2.23. The fourth-order valence-electron chi connectivity index (χ4n) is 2.23. The molecular weight excluding hydrogens is 338 g/mol. The standard InChI is InChI=1S/C19H21NO6/c1-12(18(21)20-14-7-5-6-8-15(14)23-2)26-19(22)13-9-10-16(24-3)17(11-13)25-4/h5-12H,1-4H3,(H,20,21)/t12-/m1/s1. The van der Waals surface area contributed by atoms with Crippen molar-refractivity contribution in [3.8, 4) is 17.2 Å². The van der Waals surface area contributed by atoms with Crippen molar-refractivity contribution < 1.29 is 28.5 Å². The lowest BCUT2D eigenvalue weighted by molar-refractivity contribution is -0.123. The number of hydrogen-bond acceptors (Lipinski definition) is 6. The summed E-state index contributed by atoms with van der Waals surface area (Å²) >= 11 is 0. The van der Waals surface area contributed by atoms with Gasteiger partial charge in [-0.3, -0.25) is 4.79 Å². The van der Waals surface area contributed by atoms with Crippen LogP contribution >= 0.6 is 0 Å². The smallest absolute Gasteiger partial charge is 0.339 e. The molecule has 0 saturated heterocycles. The number of carbonyl (C=O) groups excluding carboxylic acids is 2. The van der Waals surface area contributed by atoms with E-state index in [0.29, 0.717) is 22.9 Å². The number of carbonyl (C=O) groups is 2. The fraction of sp³-hybridized carbons (Fsp3) is 0.263. The number of benzene rings is 2. The van der Waals surface area contributed by atoms with E-state index >= 15 is 0 Å². The van der Waals surface area contributed by atoms with Crippen molar-refractivity contribution in [3.05, 3.63) is 48.0 Å². The SMILES string of the molecule is COc1ccccc1NC(=O)[C@@H](C)OC(=O)c1ccc(OC)c(OC)c1. The zero-order valence-electron chi connectivity index (χ0n) is 15.1. The molecule has 0 bridgehead atoms. The van der Waals surface area contributed by atoms with Crippen molar-refractivity contribution in [2.45, 2.75) is 13.0 Å². The van der Waals surface area contributed by atoms with Gasteiger partial charge in [0.1, 0.15) is 5.75 Å². The number of amides is 1. The van der Waals surface area contributed by atoms with Crippen molar-refractivity contribution >= 4 is 17.6 Å². The maximum Gasteiger partial charge on any atom is 0.339 e. The molecule has 2 rings (SSSR count). The normalized spacial score (nSPS) is 11.2. The molecule has 0 radical (unpaired) electrons. The molecule has 0 spiro atoms. The van der Waals surface area contributed by atoms with Gasteiger partial charge in [-0.1, -0.05) is 12.1 Å². The Balaban J connectivity index is 2.05. The summed E-state index contributed by atoms with van der Waals surface area (Å²) in [4.78, 5) is 24.6. The second-order valence-electron chi connectivity index (χ2n) is 5.31. The van der Waals surface area contributed by atoms with Gasteiger partial charge in [0.2, 0.25) is 0 Å². The largest absolute Gasteiger partial charge is 0.495 e. The minimum Gasteiger partial charge on any atom is -0.495 e. The van der Waals surface area contributed by atoms with Crippen molar-refractivity contribution in [1.29, 1.82) is 0 Å². The van der Waals surface area contributed by atoms with E-state index in [2.05, 4.69) is 5.32 Å². The molecule has 0 aliphatic carbocycles. The van der Waals surface area contributed by atoms with Gasteiger partial charge in [0, 0.05) is 0 Å². The molecule has 0 unspecified atom stereocenters. The van der Waals surface area contributed by atoms with Crippen molar-refractivity contribution in [2.24, 2.45) is 0 Å². The van der Waals surface area contributed by atoms with E-state index in [1.165, 1.54) is 40.4 Å². The van der Waals surface area contributed by atoms with E-state index in [9.17, 15) is 9.59 Å². The zero-order valence-corrected chi connectivity index (χ0v) is 15.1. The highest BCUT2D eigenvalue weighted by atomic mass is 16.5. The van der Waals surface area contributed by atoms with Crippen LogP contribution in [0.15, 0.2) is 42.5 Å². The zero-order chi connectivity index (χ0) is 19.1. The van der Waals surface area contributed by atoms with Crippen LogP contribution in [0.1, 0.15) is 17.3 Å². The van der Waals surface area contributed by atoms with Gasteiger partial charge in [0.15, 0.2) is 17.6 Å². The van der Waals surface area contributed by atoms with Crippen molar-refractivity contribution in [1.82, 2.24) is 0 Å². The van der Waals surface area contributed by atoms with Gasteiger partial charge >= 0.3 is 5.97 Å².